The number of halogens is 1. The number of anilines is 3. The van der Waals surface area contributed by atoms with E-state index in [2.05, 4.69) is 14.8 Å². The van der Waals surface area contributed by atoms with E-state index in [0.717, 1.165) is 54.4 Å². The SMILES string of the molecule is OCc1cc(-c2nc(N3CCOCC3)nc3c2CCN3c2ccncc2)ccc1F. The Morgan fingerprint density at radius 2 is 1.83 bits per heavy atom. The Morgan fingerprint density at radius 1 is 1.03 bits per heavy atom. The molecule has 5 rings (SSSR count). The highest BCUT2D eigenvalue weighted by Gasteiger charge is 2.29. The van der Waals surface area contributed by atoms with E-state index in [0.29, 0.717) is 19.2 Å². The molecule has 7 nitrogen and oxygen atoms in total. The summed E-state index contributed by atoms with van der Waals surface area (Å²) in [7, 11) is 0. The Hall–Kier alpha value is -3.10. The second-order valence-electron chi connectivity index (χ2n) is 7.35. The minimum Gasteiger partial charge on any atom is -0.392 e. The lowest BCUT2D eigenvalue weighted by molar-refractivity contribution is 0.122. The lowest BCUT2D eigenvalue weighted by Gasteiger charge is -2.28. The maximum atomic E-state index is 14.0. The molecule has 1 fully saturated rings. The number of hydrogen-bond acceptors (Lipinski definition) is 7. The van der Waals surface area contributed by atoms with Crippen molar-refractivity contribution < 1.29 is 14.2 Å². The van der Waals surface area contributed by atoms with Gasteiger partial charge in [0, 0.05) is 54.4 Å². The van der Waals surface area contributed by atoms with Gasteiger partial charge in [-0.2, -0.15) is 4.98 Å². The van der Waals surface area contributed by atoms with E-state index in [1.54, 1.807) is 24.5 Å². The topological polar surface area (TPSA) is 74.6 Å². The zero-order valence-corrected chi connectivity index (χ0v) is 16.5. The Kier molecular flexibility index (Phi) is 5.02. The summed E-state index contributed by atoms with van der Waals surface area (Å²) in [6.45, 7) is 3.13. The van der Waals surface area contributed by atoms with Crippen LogP contribution in [0.2, 0.25) is 0 Å². The number of benzene rings is 1. The summed E-state index contributed by atoms with van der Waals surface area (Å²) in [5.41, 5.74) is 3.88. The molecular weight excluding hydrogens is 385 g/mol. The maximum Gasteiger partial charge on any atom is 0.228 e. The van der Waals surface area contributed by atoms with Crippen molar-refractivity contribution in [3.8, 4) is 11.3 Å². The van der Waals surface area contributed by atoms with Crippen molar-refractivity contribution in [2.45, 2.75) is 13.0 Å². The molecule has 1 saturated heterocycles. The standard InChI is InChI=1S/C22H22FN5O2/c23-19-2-1-15(13-16(19)14-29)20-18-5-8-28(17-3-6-24-7-4-17)21(18)26-22(25-20)27-9-11-30-12-10-27/h1-4,6-7,13,29H,5,8-12,14H2. The molecular formula is C22H22FN5O2. The van der Waals surface area contributed by atoms with Crippen molar-refractivity contribution in [3.05, 3.63) is 59.7 Å². The fourth-order valence-corrected chi connectivity index (χ4v) is 4.01. The van der Waals surface area contributed by atoms with Gasteiger partial charge in [-0.15, -0.1) is 0 Å². The van der Waals surface area contributed by atoms with Crippen molar-refractivity contribution in [1.29, 1.82) is 0 Å². The van der Waals surface area contributed by atoms with Crippen LogP contribution in [0.15, 0.2) is 42.7 Å². The summed E-state index contributed by atoms with van der Waals surface area (Å²) < 4.78 is 19.5. The third-order valence-corrected chi connectivity index (χ3v) is 5.57. The Morgan fingerprint density at radius 3 is 2.60 bits per heavy atom. The highest BCUT2D eigenvalue weighted by atomic mass is 19.1. The van der Waals surface area contributed by atoms with E-state index in [4.69, 9.17) is 14.7 Å². The van der Waals surface area contributed by atoms with E-state index in [-0.39, 0.29) is 12.2 Å². The number of ether oxygens (including phenoxy) is 1. The van der Waals surface area contributed by atoms with Gasteiger partial charge >= 0.3 is 0 Å². The molecule has 4 heterocycles. The second kappa shape index (κ2) is 7.97. The summed E-state index contributed by atoms with van der Waals surface area (Å²) in [6, 6.07) is 8.71. The summed E-state index contributed by atoms with van der Waals surface area (Å²) >= 11 is 0. The number of morpholine rings is 1. The predicted molar refractivity (Wildman–Crippen MR) is 111 cm³/mol. The van der Waals surface area contributed by atoms with Crippen LogP contribution in [0, 0.1) is 5.82 Å². The quantitative estimate of drug-likeness (QED) is 0.713. The van der Waals surface area contributed by atoms with Gasteiger partial charge < -0.3 is 19.6 Å². The highest BCUT2D eigenvalue weighted by molar-refractivity contribution is 5.77. The molecule has 2 aliphatic heterocycles. The molecule has 1 aromatic carbocycles. The molecule has 0 unspecified atom stereocenters. The third-order valence-electron chi connectivity index (χ3n) is 5.57. The Bertz CT molecular complexity index is 1060. The van der Waals surface area contributed by atoms with Crippen molar-refractivity contribution in [3.63, 3.8) is 0 Å². The summed E-state index contributed by atoms with van der Waals surface area (Å²) in [5.74, 6) is 1.09. The maximum absolute atomic E-state index is 14.0. The van der Waals surface area contributed by atoms with Crippen LogP contribution in [-0.2, 0) is 17.8 Å². The average Bonchev–Trinajstić information content (AvgIpc) is 3.24. The number of aliphatic hydroxyl groups is 1. The highest BCUT2D eigenvalue weighted by Crippen LogP contribution is 2.39. The largest absolute Gasteiger partial charge is 0.392 e. The normalized spacial score (nSPS) is 16.1. The van der Waals surface area contributed by atoms with Crippen molar-refractivity contribution >= 4 is 17.5 Å². The van der Waals surface area contributed by atoms with Gasteiger partial charge in [0.05, 0.1) is 25.5 Å². The van der Waals surface area contributed by atoms with E-state index in [9.17, 15) is 9.50 Å². The van der Waals surface area contributed by atoms with E-state index < -0.39 is 5.82 Å². The number of rotatable bonds is 4. The predicted octanol–water partition coefficient (Wildman–Crippen LogP) is 2.70. The van der Waals surface area contributed by atoms with Gasteiger partial charge in [-0.1, -0.05) is 0 Å². The molecule has 0 amide bonds. The van der Waals surface area contributed by atoms with Crippen LogP contribution < -0.4 is 9.80 Å². The molecule has 3 aromatic rings. The summed E-state index contributed by atoms with van der Waals surface area (Å²) in [4.78, 5) is 18.2. The molecule has 154 valence electrons. The van der Waals surface area contributed by atoms with Gasteiger partial charge in [0.2, 0.25) is 5.95 Å². The van der Waals surface area contributed by atoms with E-state index in [1.165, 1.54) is 6.07 Å². The van der Waals surface area contributed by atoms with Crippen LogP contribution in [-0.4, -0.2) is 52.9 Å². The van der Waals surface area contributed by atoms with Crippen molar-refractivity contribution in [2.75, 3.05) is 42.6 Å². The van der Waals surface area contributed by atoms with Crippen LogP contribution in [0.25, 0.3) is 11.3 Å². The zero-order valence-electron chi connectivity index (χ0n) is 16.5. The molecule has 2 aromatic heterocycles. The Balaban J connectivity index is 1.66. The number of aromatic nitrogens is 3. The average molecular weight is 407 g/mol. The summed E-state index contributed by atoms with van der Waals surface area (Å²) in [5, 5.41) is 9.52. The van der Waals surface area contributed by atoms with Crippen LogP contribution in [0.3, 0.4) is 0 Å². The van der Waals surface area contributed by atoms with Crippen LogP contribution in [0.5, 0.6) is 0 Å². The minimum absolute atomic E-state index is 0.261. The fourth-order valence-electron chi connectivity index (χ4n) is 4.01. The molecule has 0 saturated carbocycles. The first-order valence-corrected chi connectivity index (χ1v) is 10.1. The number of hydrogen-bond donors (Lipinski definition) is 1. The van der Waals surface area contributed by atoms with E-state index >= 15 is 0 Å². The smallest absolute Gasteiger partial charge is 0.228 e. The zero-order chi connectivity index (χ0) is 20.5. The number of nitrogens with zero attached hydrogens (tertiary/aromatic N) is 5. The van der Waals surface area contributed by atoms with Crippen LogP contribution in [0.4, 0.5) is 21.8 Å². The molecule has 30 heavy (non-hydrogen) atoms. The lowest BCUT2D eigenvalue weighted by Crippen LogP contribution is -2.37. The Labute approximate surface area is 173 Å². The van der Waals surface area contributed by atoms with Gasteiger partial charge in [0.25, 0.3) is 0 Å². The van der Waals surface area contributed by atoms with Crippen molar-refractivity contribution in [1.82, 2.24) is 15.0 Å². The number of aliphatic hydroxyl groups excluding tert-OH is 1. The third kappa shape index (κ3) is 3.38. The molecule has 2 aliphatic rings. The van der Waals surface area contributed by atoms with Gasteiger partial charge in [0.15, 0.2) is 0 Å². The first-order chi connectivity index (χ1) is 14.7. The van der Waals surface area contributed by atoms with Crippen LogP contribution >= 0.6 is 0 Å². The summed E-state index contributed by atoms with van der Waals surface area (Å²) in [6.07, 6.45) is 4.32. The van der Waals surface area contributed by atoms with Crippen LogP contribution in [0.1, 0.15) is 11.1 Å². The molecule has 0 spiro atoms. The first kappa shape index (κ1) is 18.9. The molecule has 8 heteroatoms. The monoisotopic (exact) mass is 407 g/mol. The molecule has 0 radical (unpaired) electrons. The molecule has 0 bridgehead atoms. The molecule has 1 N–H and O–H groups in total. The van der Waals surface area contributed by atoms with Crippen molar-refractivity contribution in [2.24, 2.45) is 0 Å². The minimum atomic E-state index is -0.418. The van der Waals surface area contributed by atoms with Gasteiger partial charge in [0.1, 0.15) is 11.6 Å². The van der Waals surface area contributed by atoms with Gasteiger partial charge in [-0.25, -0.2) is 9.37 Å². The van der Waals surface area contributed by atoms with Gasteiger partial charge in [-0.05, 0) is 36.8 Å². The second-order valence-corrected chi connectivity index (χ2v) is 7.35. The van der Waals surface area contributed by atoms with E-state index in [1.807, 2.05) is 12.1 Å². The first-order valence-electron chi connectivity index (χ1n) is 10.1. The number of pyridine rings is 1. The molecule has 0 atom stereocenters. The molecule has 0 aliphatic carbocycles. The lowest BCUT2D eigenvalue weighted by atomic mass is 10.0. The fraction of sp³-hybridized carbons (Fsp3) is 0.318. The van der Waals surface area contributed by atoms with Gasteiger partial charge in [-0.3, -0.25) is 4.98 Å². The number of fused-ring (bicyclic) bond motifs is 1.